The van der Waals surface area contributed by atoms with Crippen LogP contribution in [0.2, 0.25) is 0 Å². The summed E-state index contributed by atoms with van der Waals surface area (Å²) in [6, 6.07) is 7.21. The number of methoxy groups -OCH3 is 1. The Morgan fingerprint density at radius 3 is 2.86 bits per heavy atom. The van der Waals surface area contributed by atoms with Gasteiger partial charge < -0.3 is 24.3 Å². The predicted molar refractivity (Wildman–Crippen MR) is 100 cm³/mol. The van der Waals surface area contributed by atoms with Crippen LogP contribution >= 0.6 is 0 Å². The molecule has 0 radical (unpaired) electrons. The van der Waals surface area contributed by atoms with Crippen LogP contribution in [0.1, 0.15) is 25.0 Å². The standard InChI is InChI=1S/C18H25N3O6S/c1-12-17(22)18(23,10-20-28(24,25)16-9-21(2)11-19-16)8-15(27-12)13-5-4-6-14(7-13)26-3/h4-7,9,11-12,15,17,20,22-23H,8,10H2,1-3H3/t12-,15-,17-,18-/m1/s1. The summed E-state index contributed by atoms with van der Waals surface area (Å²) < 4.78 is 39.8. The lowest BCUT2D eigenvalue weighted by Crippen LogP contribution is -2.59. The monoisotopic (exact) mass is 411 g/mol. The fourth-order valence-corrected chi connectivity index (χ4v) is 4.38. The molecule has 2 aromatic rings. The molecular formula is C18H25N3O6S. The van der Waals surface area contributed by atoms with Crippen molar-refractivity contribution >= 4 is 10.0 Å². The molecule has 1 aromatic carbocycles. The Morgan fingerprint density at radius 1 is 1.46 bits per heavy atom. The highest BCUT2D eigenvalue weighted by Crippen LogP contribution is 2.38. The van der Waals surface area contributed by atoms with Crippen LogP contribution in [-0.2, 0) is 21.8 Å². The highest BCUT2D eigenvalue weighted by atomic mass is 32.2. The van der Waals surface area contributed by atoms with E-state index < -0.39 is 33.9 Å². The second-order valence-corrected chi connectivity index (χ2v) is 8.77. The van der Waals surface area contributed by atoms with Gasteiger partial charge in [0.05, 0.1) is 25.6 Å². The van der Waals surface area contributed by atoms with Gasteiger partial charge in [-0.15, -0.1) is 0 Å². The zero-order valence-electron chi connectivity index (χ0n) is 15.9. The van der Waals surface area contributed by atoms with E-state index in [1.807, 2.05) is 6.07 Å². The van der Waals surface area contributed by atoms with E-state index in [0.29, 0.717) is 5.75 Å². The summed E-state index contributed by atoms with van der Waals surface area (Å²) in [5.74, 6) is 0.638. The maximum absolute atomic E-state index is 12.4. The molecule has 1 aromatic heterocycles. The number of imidazole rings is 1. The molecule has 0 unspecified atom stereocenters. The zero-order chi connectivity index (χ0) is 20.5. The fraction of sp³-hybridized carbons (Fsp3) is 0.500. The Kier molecular flexibility index (Phi) is 5.78. The molecular weight excluding hydrogens is 386 g/mol. The molecule has 0 bridgehead atoms. The molecule has 0 spiro atoms. The van der Waals surface area contributed by atoms with Gasteiger partial charge in [0.15, 0.2) is 5.03 Å². The summed E-state index contributed by atoms with van der Waals surface area (Å²) in [4.78, 5) is 3.82. The SMILES string of the molecule is COc1cccc([C@H]2C[C@@](O)(CNS(=O)(=O)c3cn(C)cn3)[C@H](O)[C@@H](C)O2)c1. The number of hydrogen-bond acceptors (Lipinski definition) is 7. The number of hydrogen-bond donors (Lipinski definition) is 3. The number of rotatable bonds is 6. The van der Waals surface area contributed by atoms with E-state index in [1.165, 1.54) is 17.1 Å². The molecule has 2 heterocycles. The average Bonchev–Trinajstić information content (AvgIpc) is 3.12. The number of benzene rings is 1. The summed E-state index contributed by atoms with van der Waals surface area (Å²) >= 11 is 0. The first-order valence-corrected chi connectivity index (χ1v) is 10.3. The van der Waals surface area contributed by atoms with Crippen molar-refractivity contribution in [3.05, 3.63) is 42.4 Å². The maximum atomic E-state index is 12.4. The van der Waals surface area contributed by atoms with Gasteiger partial charge in [0.1, 0.15) is 17.5 Å². The van der Waals surface area contributed by atoms with Gasteiger partial charge in [-0.2, -0.15) is 0 Å². The van der Waals surface area contributed by atoms with Crippen molar-refractivity contribution in [2.75, 3.05) is 13.7 Å². The van der Waals surface area contributed by atoms with E-state index in [1.54, 1.807) is 39.3 Å². The van der Waals surface area contributed by atoms with Crippen molar-refractivity contribution < 1.29 is 28.1 Å². The second-order valence-electron chi connectivity index (χ2n) is 7.06. The van der Waals surface area contributed by atoms with Crippen molar-refractivity contribution in [1.82, 2.24) is 14.3 Å². The van der Waals surface area contributed by atoms with Gasteiger partial charge in [0, 0.05) is 26.2 Å². The minimum atomic E-state index is -3.92. The van der Waals surface area contributed by atoms with Crippen LogP contribution in [0.15, 0.2) is 41.8 Å². The lowest BCUT2D eigenvalue weighted by atomic mass is 9.82. The summed E-state index contributed by atoms with van der Waals surface area (Å²) in [6.45, 7) is 1.26. The number of aliphatic hydroxyl groups is 2. The molecule has 1 saturated heterocycles. The highest BCUT2D eigenvalue weighted by molar-refractivity contribution is 7.89. The summed E-state index contributed by atoms with van der Waals surface area (Å²) in [5, 5.41) is 21.4. The minimum Gasteiger partial charge on any atom is -0.497 e. The number of ether oxygens (including phenoxy) is 2. The van der Waals surface area contributed by atoms with Crippen molar-refractivity contribution in [2.24, 2.45) is 7.05 Å². The first-order chi connectivity index (χ1) is 13.1. The third-order valence-corrected chi connectivity index (χ3v) is 6.19. The van der Waals surface area contributed by atoms with Gasteiger partial charge in [0.25, 0.3) is 10.0 Å². The molecule has 0 saturated carbocycles. The molecule has 0 aliphatic carbocycles. The van der Waals surface area contributed by atoms with Gasteiger partial charge in [-0.25, -0.2) is 18.1 Å². The third kappa shape index (κ3) is 4.20. The normalized spacial score (nSPS) is 28.2. The number of aromatic nitrogens is 2. The molecule has 9 nitrogen and oxygen atoms in total. The van der Waals surface area contributed by atoms with Crippen LogP contribution in [0.5, 0.6) is 5.75 Å². The predicted octanol–water partition coefficient (Wildman–Crippen LogP) is 0.349. The number of nitrogens with zero attached hydrogens (tertiary/aromatic N) is 2. The summed E-state index contributed by atoms with van der Waals surface area (Å²) in [5.41, 5.74) is -0.947. The van der Waals surface area contributed by atoms with Crippen LogP contribution in [0.3, 0.4) is 0 Å². The van der Waals surface area contributed by atoms with E-state index in [-0.39, 0.29) is 18.0 Å². The van der Waals surface area contributed by atoms with Crippen molar-refractivity contribution in [3.63, 3.8) is 0 Å². The molecule has 3 N–H and O–H groups in total. The Bertz CT molecular complexity index is 931. The highest BCUT2D eigenvalue weighted by Gasteiger charge is 2.47. The number of nitrogens with one attached hydrogen (secondary N) is 1. The Balaban J connectivity index is 1.79. The molecule has 1 aliphatic heterocycles. The topological polar surface area (TPSA) is 123 Å². The third-order valence-electron chi connectivity index (χ3n) is 4.90. The molecule has 1 aliphatic rings. The summed E-state index contributed by atoms with van der Waals surface area (Å²) in [6.07, 6.45) is 0.242. The zero-order valence-corrected chi connectivity index (χ0v) is 16.8. The van der Waals surface area contributed by atoms with Gasteiger partial charge >= 0.3 is 0 Å². The van der Waals surface area contributed by atoms with Crippen molar-refractivity contribution in [2.45, 2.75) is 42.3 Å². The fourth-order valence-electron chi connectivity index (χ4n) is 3.30. The van der Waals surface area contributed by atoms with Crippen LogP contribution in [0, 0.1) is 0 Å². The summed E-state index contributed by atoms with van der Waals surface area (Å²) in [7, 11) is -0.718. The van der Waals surface area contributed by atoms with Crippen LogP contribution in [-0.4, -0.2) is 59.6 Å². The molecule has 1 fully saturated rings. The lowest BCUT2D eigenvalue weighted by molar-refractivity contribution is -0.209. The minimum absolute atomic E-state index is 0.0103. The van der Waals surface area contributed by atoms with E-state index >= 15 is 0 Å². The van der Waals surface area contributed by atoms with Crippen molar-refractivity contribution in [1.29, 1.82) is 0 Å². The van der Waals surface area contributed by atoms with Crippen LogP contribution < -0.4 is 9.46 Å². The van der Waals surface area contributed by atoms with Gasteiger partial charge in [-0.05, 0) is 24.6 Å². The lowest BCUT2D eigenvalue weighted by Gasteiger charge is -2.44. The number of aryl methyl sites for hydroxylation is 1. The van der Waals surface area contributed by atoms with Crippen LogP contribution in [0.4, 0.5) is 0 Å². The van der Waals surface area contributed by atoms with Gasteiger partial charge in [-0.3, -0.25) is 0 Å². The smallest absolute Gasteiger partial charge is 0.259 e. The van der Waals surface area contributed by atoms with E-state index in [2.05, 4.69) is 9.71 Å². The molecule has 3 rings (SSSR count). The van der Waals surface area contributed by atoms with Gasteiger partial charge in [-0.1, -0.05) is 12.1 Å². The Labute approximate surface area is 164 Å². The van der Waals surface area contributed by atoms with E-state index in [0.717, 1.165) is 5.56 Å². The molecule has 28 heavy (non-hydrogen) atoms. The molecule has 0 amide bonds. The maximum Gasteiger partial charge on any atom is 0.259 e. The quantitative estimate of drug-likeness (QED) is 0.627. The Morgan fingerprint density at radius 2 is 2.21 bits per heavy atom. The first-order valence-electron chi connectivity index (χ1n) is 8.82. The number of aliphatic hydroxyl groups excluding tert-OH is 1. The molecule has 10 heteroatoms. The average molecular weight is 411 g/mol. The van der Waals surface area contributed by atoms with Crippen LogP contribution in [0.25, 0.3) is 0 Å². The largest absolute Gasteiger partial charge is 0.497 e. The second kappa shape index (κ2) is 7.80. The van der Waals surface area contributed by atoms with Gasteiger partial charge in [0.2, 0.25) is 0 Å². The Hall–Kier alpha value is -1.98. The van der Waals surface area contributed by atoms with E-state index in [9.17, 15) is 18.6 Å². The molecule has 154 valence electrons. The van der Waals surface area contributed by atoms with Crippen molar-refractivity contribution in [3.8, 4) is 5.75 Å². The first kappa shape index (κ1) is 20.7. The molecule has 4 atom stereocenters. The number of sulfonamides is 1. The van der Waals surface area contributed by atoms with E-state index in [4.69, 9.17) is 9.47 Å².